The molecule has 25 heavy (non-hydrogen) atoms. The van der Waals surface area contributed by atoms with Crippen LogP contribution in [0.15, 0.2) is 45.6 Å². The Hall–Kier alpha value is -2.37. The normalized spacial score (nSPS) is 12.5. The van der Waals surface area contributed by atoms with Gasteiger partial charge in [0.2, 0.25) is 0 Å². The highest BCUT2D eigenvalue weighted by atomic mass is 35.5. The molecule has 0 aliphatic heterocycles. The molecular formula is C19H18ClFNO3+. The summed E-state index contributed by atoms with van der Waals surface area (Å²) in [7, 11) is 1.90. The number of phenolic OH excluding ortho intramolecular Hbond substituents is 1. The van der Waals surface area contributed by atoms with Crippen LogP contribution in [0.2, 0.25) is 5.02 Å². The summed E-state index contributed by atoms with van der Waals surface area (Å²) in [4.78, 5) is 12.8. The summed E-state index contributed by atoms with van der Waals surface area (Å²) in [6.45, 7) is 2.56. The number of fused-ring (bicyclic) bond motifs is 1. The van der Waals surface area contributed by atoms with Gasteiger partial charge in [-0.1, -0.05) is 17.7 Å². The SMILES string of the molecule is Cc1c(O)ccc2c(C[NH+](C)Cc3c(F)cccc3Cl)cc(=O)oc12. The summed E-state index contributed by atoms with van der Waals surface area (Å²) >= 11 is 6.09. The maximum Gasteiger partial charge on any atom is 0.336 e. The molecule has 0 fully saturated rings. The number of rotatable bonds is 4. The van der Waals surface area contributed by atoms with Gasteiger partial charge in [0.25, 0.3) is 0 Å². The van der Waals surface area contributed by atoms with Crippen molar-refractivity contribution in [3.8, 4) is 5.75 Å². The Kier molecular flexibility index (Phi) is 4.79. The van der Waals surface area contributed by atoms with E-state index in [1.165, 1.54) is 12.1 Å². The second kappa shape index (κ2) is 6.86. The Labute approximate surface area is 149 Å². The van der Waals surface area contributed by atoms with Gasteiger partial charge in [0.05, 0.1) is 17.6 Å². The molecule has 3 aromatic rings. The summed E-state index contributed by atoms with van der Waals surface area (Å²) in [5.74, 6) is -0.267. The van der Waals surface area contributed by atoms with Crippen LogP contribution in [-0.4, -0.2) is 12.2 Å². The molecule has 0 saturated heterocycles. The van der Waals surface area contributed by atoms with Gasteiger partial charge in [0.15, 0.2) is 0 Å². The molecule has 2 aromatic carbocycles. The molecule has 1 heterocycles. The summed E-state index contributed by atoms with van der Waals surface area (Å²) in [6.07, 6.45) is 0. The Morgan fingerprint density at radius 1 is 1.24 bits per heavy atom. The molecule has 0 radical (unpaired) electrons. The van der Waals surface area contributed by atoms with Crippen molar-refractivity contribution in [2.24, 2.45) is 0 Å². The molecule has 3 rings (SSSR count). The first-order chi connectivity index (χ1) is 11.9. The molecule has 0 aliphatic carbocycles. The highest BCUT2D eigenvalue weighted by molar-refractivity contribution is 6.31. The highest BCUT2D eigenvalue weighted by Gasteiger charge is 2.16. The molecule has 6 heteroatoms. The minimum atomic E-state index is -0.479. The number of aromatic hydroxyl groups is 1. The van der Waals surface area contributed by atoms with Crippen LogP contribution in [0.1, 0.15) is 16.7 Å². The van der Waals surface area contributed by atoms with E-state index in [-0.39, 0.29) is 11.6 Å². The average molecular weight is 363 g/mol. The predicted molar refractivity (Wildman–Crippen MR) is 94.6 cm³/mol. The van der Waals surface area contributed by atoms with Crippen molar-refractivity contribution in [1.82, 2.24) is 0 Å². The zero-order valence-corrected chi connectivity index (χ0v) is 14.7. The second-order valence-corrected chi connectivity index (χ2v) is 6.60. The van der Waals surface area contributed by atoms with Crippen molar-refractivity contribution in [1.29, 1.82) is 0 Å². The van der Waals surface area contributed by atoms with E-state index in [2.05, 4.69) is 0 Å². The van der Waals surface area contributed by atoms with E-state index in [0.29, 0.717) is 34.8 Å². The van der Waals surface area contributed by atoms with Crippen LogP contribution in [0.25, 0.3) is 11.0 Å². The van der Waals surface area contributed by atoms with Crippen molar-refractivity contribution in [3.05, 3.63) is 74.3 Å². The fraction of sp³-hybridized carbons (Fsp3) is 0.211. The van der Waals surface area contributed by atoms with Crippen molar-refractivity contribution < 1.29 is 18.8 Å². The van der Waals surface area contributed by atoms with Gasteiger partial charge in [-0.15, -0.1) is 0 Å². The first-order valence-corrected chi connectivity index (χ1v) is 8.24. The Morgan fingerprint density at radius 2 is 2.00 bits per heavy atom. The largest absolute Gasteiger partial charge is 0.508 e. The summed E-state index contributed by atoms with van der Waals surface area (Å²) in [5, 5.41) is 11.0. The molecular weight excluding hydrogens is 345 g/mol. The molecule has 0 amide bonds. The lowest BCUT2D eigenvalue weighted by molar-refractivity contribution is -0.907. The van der Waals surface area contributed by atoms with Gasteiger partial charge < -0.3 is 14.4 Å². The lowest BCUT2D eigenvalue weighted by Gasteiger charge is -2.16. The number of hydrogen-bond donors (Lipinski definition) is 2. The van der Waals surface area contributed by atoms with E-state index in [0.717, 1.165) is 15.8 Å². The maximum absolute atomic E-state index is 14.0. The molecule has 2 N–H and O–H groups in total. The fourth-order valence-electron chi connectivity index (χ4n) is 2.95. The summed E-state index contributed by atoms with van der Waals surface area (Å²) in [5.41, 5.74) is 1.64. The van der Waals surface area contributed by atoms with Crippen LogP contribution in [-0.2, 0) is 13.1 Å². The molecule has 0 saturated carbocycles. The minimum Gasteiger partial charge on any atom is -0.508 e. The second-order valence-electron chi connectivity index (χ2n) is 6.19. The van der Waals surface area contributed by atoms with Crippen molar-refractivity contribution in [2.45, 2.75) is 20.0 Å². The van der Waals surface area contributed by atoms with Crippen molar-refractivity contribution in [3.63, 3.8) is 0 Å². The van der Waals surface area contributed by atoms with Gasteiger partial charge >= 0.3 is 5.63 Å². The first-order valence-electron chi connectivity index (χ1n) is 7.86. The molecule has 1 atom stereocenters. The van der Waals surface area contributed by atoms with Gasteiger partial charge in [-0.2, -0.15) is 0 Å². The third kappa shape index (κ3) is 3.52. The first kappa shape index (κ1) is 17.5. The van der Waals surface area contributed by atoms with Gasteiger partial charge in [0.1, 0.15) is 30.2 Å². The van der Waals surface area contributed by atoms with Gasteiger partial charge in [-0.25, -0.2) is 9.18 Å². The number of halogens is 2. The number of benzene rings is 2. The zero-order chi connectivity index (χ0) is 18.1. The molecule has 0 spiro atoms. The summed E-state index contributed by atoms with van der Waals surface area (Å²) in [6, 6.07) is 9.34. The van der Waals surface area contributed by atoms with E-state index in [1.54, 1.807) is 31.2 Å². The smallest absolute Gasteiger partial charge is 0.336 e. The van der Waals surface area contributed by atoms with Crippen molar-refractivity contribution in [2.75, 3.05) is 7.05 Å². The van der Waals surface area contributed by atoms with Gasteiger partial charge in [-0.3, -0.25) is 0 Å². The topological polar surface area (TPSA) is 54.9 Å². The van der Waals surface area contributed by atoms with E-state index >= 15 is 0 Å². The van der Waals surface area contributed by atoms with Crippen LogP contribution in [0.5, 0.6) is 5.75 Å². The molecule has 130 valence electrons. The number of aryl methyl sites for hydroxylation is 1. The highest BCUT2D eigenvalue weighted by Crippen LogP contribution is 2.27. The van der Waals surface area contributed by atoms with Crippen LogP contribution in [0.3, 0.4) is 0 Å². The fourth-order valence-corrected chi connectivity index (χ4v) is 3.18. The van der Waals surface area contributed by atoms with Crippen LogP contribution in [0.4, 0.5) is 4.39 Å². The molecule has 1 aromatic heterocycles. The summed E-state index contributed by atoms with van der Waals surface area (Å²) < 4.78 is 19.2. The quantitative estimate of drug-likeness (QED) is 0.702. The standard InChI is InChI=1S/C19H17ClFNO3/c1-11-17(23)7-6-13-12(8-18(24)25-19(11)13)9-22(2)10-14-15(20)4-3-5-16(14)21/h3-8,23H,9-10H2,1-2H3/p+1. The van der Waals surface area contributed by atoms with Crippen LogP contribution < -0.4 is 10.5 Å². The van der Waals surface area contributed by atoms with E-state index in [9.17, 15) is 14.3 Å². The molecule has 0 aliphatic rings. The van der Waals surface area contributed by atoms with Crippen LogP contribution >= 0.6 is 11.6 Å². The van der Waals surface area contributed by atoms with Gasteiger partial charge in [-0.05, 0) is 31.2 Å². The molecule has 1 unspecified atom stereocenters. The molecule has 4 nitrogen and oxygen atoms in total. The van der Waals surface area contributed by atoms with Crippen LogP contribution in [0, 0.1) is 12.7 Å². The average Bonchev–Trinajstić information content (AvgIpc) is 2.55. The Bertz CT molecular complexity index is 980. The third-order valence-electron chi connectivity index (χ3n) is 4.25. The third-order valence-corrected chi connectivity index (χ3v) is 4.60. The van der Waals surface area contributed by atoms with E-state index in [4.69, 9.17) is 16.0 Å². The monoisotopic (exact) mass is 362 g/mol. The maximum atomic E-state index is 14.0. The number of hydrogen-bond acceptors (Lipinski definition) is 3. The predicted octanol–water partition coefficient (Wildman–Crippen LogP) is 2.81. The Balaban J connectivity index is 1.95. The van der Waals surface area contributed by atoms with Crippen molar-refractivity contribution >= 4 is 22.6 Å². The zero-order valence-electron chi connectivity index (χ0n) is 13.9. The number of phenols is 1. The van der Waals surface area contributed by atoms with E-state index < -0.39 is 5.63 Å². The molecule has 0 bridgehead atoms. The van der Waals surface area contributed by atoms with Gasteiger partial charge in [0, 0.05) is 22.6 Å². The van der Waals surface area contributed by atoms with E-state index in [1.807, 2.05) is 7.05 Å². The minimum absolute atomic E-state index is 0.0756. The number of nitrogens with one attached hydrogen (secondary N) is 1. The lowest BCUT2D eigenvalue weighted by atomic mass is 10.1. The lowest BCUT2D eigenvalue weighted by Crippen LogP contribution is -3.06. The Morgan fingerprint density at radius 3 is 2.72 bits per heavy atom. The number of quaternary nitrogens is 1.